The van der Waals surface area contributed by atoms with Crippen molar-refractivity contribution in [1.29, 1.82) is 0 Å². The first-order valence-electron chi connectivity index (χ1n) is 4.08. The molecular weight excluding hydrogens is 172 g/mol. The van der Waals surface area contributed by atoms with Gasteiger partial charge in [0.15, 0.2) is 0 Å². The molecule has 1 N–H and O–H groups in total. The Hall–Kier alpha value is -1.36. The van der Waals surface area contributed by atoms with Crippen molar-refractivity contribution in [1.82, 2.24) is 9.55 Å². The molecule has 2 heterocycles. The van der Waals surface area contributed by atoms with Crippen LogP contribution in [-0.2, 0) is 16.0 Å². The quantitative estimate of drug-likeness (QED) is 0.719. The standard InChI is InChI=1S/C8H10N2O3/c11-8(12)3-7-9-1-2-10(7)6-4-13-5-6/h1-2,6H,3-5H2,(H,11,12). The number of carboxylic acids is 1. The molecule has 0 aromatic carbocycles. The molecule has 70 valence electrons. The lowest BCUT2D eigenvalue weighted by molar-refractivity contribution is -0.136. The number of ether oxygens (including phenoxy) is 1. The first kappa shape index (κ1) is 8.25. The lowest BCUT2D eigenvalue weighted by Crippen LogP contribution is -2.31. The van der Waals surface area contributed by atoms with Crippen LogP contribution in [0.15, 0.2) is 12.4 Å². The third-order valence-electron chi connectivity index (χ3n) is 2.07. The smallest absolute Gasteiger partial charge is 0.311 e. The van der Waals surface area contributed by atoms with E-state index in [1.54, 1.807) is 12.4 Å². The van der Waals surface area contributed by atoms with Gasteiger partial charge in [-0.25, -0.2) is 4.98 Å². The van der Waals surface area contributed by atoms with Gasteiger partial charge in [-0.05, 0) is 0 Å². The summed E-state index contributed by atoms with van der Waals surface area (Å²) < 4.78 is 6.90. The molecule has 0 radical (unpaired) electrons. The molecule has 13 heavy (non-hydrogen) atoms. The average Bonchev–Trinajstić information content (AvgIpc) is 2.32. The molecule has 5 nitrogen and oxygen atoms in total. The van der Waals surface area contributed by atoms with Gasteiger partial charge in [-0.15, -0.1) is 0 Å². The van der Waals surface area contributed by atoms with Gasteiger partial charge in [-0.1, -0.05) is 0 Å². The van der Waals surface area contributed by atoms with Crippen LogP contribution in [0.25, 0.3) is 0 Å². The zero-order valence-corrected chi connectivity index (χ0v) is 7.01. The van der Waals surface area contributed by atoms with Crippen molar-refractivity contribution in [2.24, 2.45) is 0 Å². The van der Waals surface area contributed by atoms with Gasteiger partial charge in [0.1, 0.15) is 12.2 Å². The molecule has 0 bridgehead atoms. The number of imidazole rings is 1. The second-order valence-corrected chi connectivity index (χ2v) is 3.01. The minimum atomic E-state index is -0.854. The van der Waals surface area contributed by atoms with E-state index in [0.717, 1.165) is 0 Å². The van der Waals surface area contributed by atoms with Crippen LogP contribution in [0, 0.1) is 0 Å². The van der Waals surface area contributed by atoms with Gasteiger partial charge in [0.2, 0.25) is 0 Å². The lowest BCUT2D eigenvalue weighted by Gasteiger charge is -2.28. The van der Waals surface area contributed by atoms with E-state index in [9.17, 15) is 4.79 Å². The molecule has 0 amide bonds. The van der Waals surface area contributed by atoms with Crippen LogP contribution < -0.4 is 0 Å². The molecule has 2 rings (SSSR count). The Bertz CT molecular complexity index is 317. The highest BCUT2D eigenvalue weighted by molar-refractivity contribution is 5.69. The maximum atomic E-state index is 10.5. The second kappa shape index (κ2) is 3.18. The number of aromatic nitrogens is 2. The van der Waals surface area contributed by atoms with E-state index in [0.29, 0.717) is 19.0 Å². The average molecular weight is 182 g/mol. The first-order chi connectivity index (χ1) is 6.27. The van der Waals surface area contributed by atoms with Crippen molar-refractivity contribution in [3.8, 4) is 0 Å². The number of carbonyl (C=O) groups is 1. The van der Waals surface area contributed by atoms with Gasteiger partial charge in [0, 0.05) is 12.4 Å². The molecule has 1 fully saturated rings. The van der Waals surface area contributed by atoms with Crippen LogP contribution >= 0.6 is 0 Å². The van der Waals surface area contributed by atoms with Crippen LogP contribution in [0.4, 0.5) is 0 Å². The Morgan fingerprint density at radius 3 is 3.08 bits per heavy atom. The number of hydrogen-bond donors (Lipinski definition) is 1. The molecule has 0 atom stereocenters. The van der Waals surface area contributed by atoms with Crippen molar-refractivity contribution >= 4 is 5.97 Å². The minimum absolute atomic E-state index is 0.0243. The maximum Gasteiger partial charge on any atom is 0.311 e. The number of rotatable bonds is 3. The molecular formula is C8H10N2O3. The summed E-state index contributed by atoms with van der Waals surface area (Å²) in [6.45, 7) is 1.31. The molecule has 1 aliphatic rings. The van der Waals surface area contributed by atoms with E-state index in [1.807, 2.05) is 4.57 Å². The van der Waals surface area contributed by atoms with Gasteiger partial charge < -0.3 is 14.4 Å². The van der Waals surface area contributed by atoms with E-state index in [4.69, 9.17) is 9.84 Å². The van der Waals surface area contributed by atoms with Crippen LogP contribution in [0.3, 0.4) is 0 Å². The highest BCUT2D eigenvalue weighted by Crippen LogP contribution is 2.18. The van der Waals surface area contributed by atoms with Crippen LogP contribution in [0.2, 0.25) is 0 Å². The number of nitrogens with zero attached hydrogens (tertiary/aromatic N) is 2. The number of aliphatic carboxylic acids is 1. The van der Waals surface area contributed by atoms with E-state index < -0.39 is 5.97 Å². The van der Waals surface area contributed by atoms with Crippen molar-refractivity contribution in [2.75, 3.05) is 13.2 Å². The van der Waals surface area contributed by atoms with Gasteiger partial charge >= 0.3 is 5.97 Å². The van der Waals surface area contributed by atoms with Crippen LogP contribution in [0.5, 0.6) is 0 Å². The molecule has 0 saturated carbocycles. The summed E-state index contributed by atoms with van der Waals surface area (Å²) in [6, 6.07) is 0.275. The summed E-state index contributed by atoms with van der Waals surface area (Å²) in [5.74, 6) is -0.256. The van der Waals surface area contributed by atoms with Crippen LogP contribution in [-0.4, -0.2) is 33.8 Å². The summed E-state index contributed by atoms with van der Waals surface area (Å²) in [5.41, 5.74) is 0. The van der Waals surface area contributed by atoms with Crippen molar-refractivity contribution in [2.45, 2.75) is 12.5 Å². The molecule has 0 aliphatic carbocycles. The van der Waals surface area contributed by atoms with Gasteiger partial charge in [-0.3, -0.25) is 4.79 Å². The molecule has 0 unspecified atom stereocenters. The SMILES string of the molecule is O=C(O)Cc1nccn1C1COC1. The van der Waals surface area contributed by atoms with E-state index in [2.05, 4.69) is 4.98 Å². The fourth-order valence-electron chi connectivity index (χ4n) is 1.33. The minimum Gasteiger partial charge on any atom is -0.481 e. The van der Waals surface area contributed by atoms with E-state index >= 15 is 0 Å². The van der Waals surface area contributed by atoms with Gasteiger partial charge in [-0.2, -0.15) is 0 Å². The molecule has 1 aromatic rings. The number of carboxylic acid groups (broad SMARTS) is 1. The Balaban J connectivity index is 2.14. The van der Waals surface area contributed by atoms with Crippen molar-refractivity contribution in [3.05, 3.63) is 18.2 Å². The maximum absolute atomic E-state index is 10.5. The van der Waals surface area contributed by atoms with E-state index in [1.165, 1.54) is 0 Å². The highest BCUT2D eigenvalue weighted by atomic mass is 16.5. The molecule has 0 spiro atoms. The Morgan fingerprint density at radius 2 is 2.54 bits per heavy atom. The van der Waals surface area contributed by atoms with Crippen molar-refractivity contribution < 1.29 is 14.6 Å². The largest absolute Gasteiger partial charge is 0.481 e. The summed E-state index contributed by atoms with van der Waals surface area (Å²) in [6.07, 6.45) is 3.39. The monoisotopic (exact) mass is 182 g/mol. The Labute approximate surface area is 75.0 Å². The molecule has 5 heteroatoms. The lowest BCUT2D eigenvalue weighted by atomic mass is 10.2. The Kier molecular flexibility index (Phi) is 2.02. The topological polar surface area (TPSA) is 64.3 Å². The molecule has 1 saturated heterocycles. The zero-order chi connectivity index (χ0) is 9.26. The fourth-order valence-corrected chi connectivity index (χ4v) is 1.33. The summed E-state index contributed by atoms with van der Waals surface area (Å²) in [4.78, 5) is 14.4. The zero-order valence-electron chi connectivity index (χ0n) is 7.01. The first-order valence-corrected chi connectivity index (χ1v) is 4.08. The normalized spacial score (nSPS) is 16.9. The Morgan fingerprint density at radius 1 is 1.77 bits per heavy atom. The predicted octanol–water partition coefficient (Wildman–Crippen LogP) is 0.0815. The summed E-state index contributed by atoms with van der Waals surface area (Å²) in [7, 11) is 0. The molecule has 1 aliphatic heterocycles. The fraction of sp³-hybridized carbons (Fsp3) is 0.500. The predicted molar refractivity (Wildman–Crippen MR) is 43.4 cm³/mol. The second-order valence-electron chi connectivity index (χ2n) is 3.01. The van der Waals surface area contributed by atoms with Crippen molar-refractivity contribution in [3.63, 3.8) is 0 Å². The van der Waals surface area contributed by atoms with Crippen LogP contribution in [0.1, 0.15) is 11.9 Å². The van der Waals surface area contributed by atoms with E-state index in [-0.39, 0.29) is 12.5 Å². The van der Waals surface area contributed by atoms with Gasteiger partial charge in [0.25, 0.3) is 0 Å². The number of hydrogen-bond acceptors (Lipinski definition) is 3. The highest BCUT2D eigenvalue weighted by Gasteiger charge is 2.22. The summed E-state index contributed by atoms with van der Waals surface area (Å²) >= 11 is 0. The third-order valence-corrected chi connectivity index (χ3v) is 2.07. The summed E-state index contributed by atoms with van der Waals surface area (Å²) in [5, 5.41) is 8.60. The molecule has 1 aromatic heterocycles. The third kappa shape index (κ3) is 1.55. The van der Waals surface area contributed by atoms with Gasteiger partial charge in [0.05, 0.1) is 19.3 Å².